The Hall–Kier alpha value is -1.10. The van der Waals surface area contributed by atoms with Gasteiger partial charge in [0.25, 0.3) is 0 Å². The summed E-state index contributed by atoms with van der Waals surface area (Å²) < 4.78 is 0. The summed E-state index contributed by atoms with van der Waals surface area (Å²) in [6, 6.07) is 0. The highest BCUT2D eigenvalue weighted by Gasteiger charge is 1.01. The maximum absolute atomic E-state index is 8.57. The van der Waals surface area contributed by atoms with E-state index in [1.807, 2.05) is 0 Å². The average molecular weight is 96.1 g/mol. The molecule has 0 saturated carbocycles. The highest BCUT2D eigenvalue weighted by molar-refractivity contribution is 5.38. The second kappa shape index (κ2) is 92.0. The van der Waals surface area contributed by atoms with Crippen molar-refractivity contribution >= 4 is 11.9 Å². The van der Waals surface area contributed by atoms with Gasteiger partial charge in [-0.1, -0.05) is 0 Å². The van der Waals surface area contributed by atoms with E-state index in [0.717, 1.165) is 0 Å². The van der Waals surface area contributed by atoms with Crippen molar-refractivity contribution in [2.24, 2.45) is 0 Å². The van der Waals surface area contributed by atoms with Crippen LogP contribution < -0.4 is 0 Å². The summed E-state index contributed by atoms with van der Waals surface area (Å²) in [5.74, 6) is 2.50. The van der Waals surface area contributed by atoms with Gasteiger partial charge in [0.15, 0.2) is 0 Å². The molecule has 0 atom stereocenters. The monoisotopic (exact) mass is 96.0 g/mol. The molecule has 0 aromatic rings. The molecule has 0 aromatic heterocycles. The molecule has 2 nitrogen and oxygen atoms in total. The third-order valence-corrected chi connectivity index (χ3v) is 0. The van der Waals surface area contributed by atoms with Gasteiger partial charge >= 0.3 is 0 Å². The summed E-state index contributed by atoms with van der Waals surface area (Å²) >= 11 is 0. The first kappa shape index (κ1) is 16.8. The van der Waals surface area contributed by atoms with Gasteiger partial charge in [-0.2, -0.15) is 0 Å². The number of rotatable bonds is 0. The molecule has 0 aliphatic carbocycles. The Bertz CT molecular complexity index is 60.1. The first-order chi connectivity index (χ1) is 2.83. The van der Waals surface area contributed by atoms with Gasteiger partial charge in [0.1, 0.15) is 11.9 Å². The van der Waals surface area contributed by atoms with Crippen LogP contribution in [-0.2, 0) is 9.59 Å². The average Bonchev–Trinajstić information content (AvgIpc) is 1.39. The Labute approximate surface area is 43.2 Å². The van der Waals surface area contributed by atoms with Crippen molar-refractivity contribution in [3.63, 3.8) is 0 Å². The molecule has 0 aromatic carbocycles. The van der Waals surface area contributed by atoms with E-state index in [1.54, 1.807) is 0 Å². The van der Waals surface area contributed by atoms with Crippen LogP contribution in [0.3, 0.4) is 0 Å². The first-order valence-electron chi connectivity index (χ1n) is 1.12. The molecule has 0 amide bonds. The van der Waals surface area contributed by atoms with E-state index in [9.17, 15) is 0 Å². The molecule has 0 bridgehead atoms. The van der Waals surface area contributed by atoms with Crippen LogP contribution in [-0.4, -0.2) is 11.9 Å². The molecule has 0 fully saturated rings. The summed E-state index contributed by atoms with van der Waals surface area (Å²) in [5.41, 5.74) is 0. The fourth-order valence-electron chi connectivity index (χ4n) is 0. The van der Waals surface area contributed by atoms with Crippen molar-refractivity contribution in [1.29, 1.82) is 0 Å². The van der Waals surface area contributed by atoms with Gasteiger partial charge in [-0.15, -0.1) is 0 Å². The van der Waals surface area contributed by atoms with E-state index >= 15 is 0 Å². The molecule has 4 radical (unpaired) electrons. The van der Waals surface area contributed by atoms with E-state index in [0.29, 0.717) is 0 Å². The number of carbonyl (C=O) groups excluding carboxylic acids is 2. The molecular weight excluding hydrogens is 92.1 g/mol. The van der Waals surface area contributed by atoms with Gasteiger partial charge < -0.3 is 0 Å². The minimum absolute atomic E-state index is 0. The second-order valence-corrected chi connectivity index (χ2v) is 0.289. The van der Waals surface area contributed by atoms with E-state index < -0.39 is 0 Å². The smallest absolute Gasteiger partial charge is 0.116 e. The minimum Gasteiger partial charge on any atom is -0.234 e. The van der Waals surface area contributed by atoms with Crippen LogP contribution >= 0.6 is 0 Å². The fourth-order valence-corrected chi connectivity index (χ4v) is 0. The predicted molar refractivity (Wildman–Crippen MR) is 25.9 cm³/mol. The lowest BCUT2D eigenvalue weighted by Gasteiger charge is -1.02. The third-order valence-electron chi connectivity index (χ3n) is 0. The zero-order chi connectivity index (χ0) is 5.41. The predicted octanol–water partition coefficient (Wildman–Crippen LogP) is 0.0893. The molecule has 0 spiro atoms. The van der Waals surface area contributed by atoms with E-state index in [2.05, 4.69) is 13.2 Å². The van der Waals surface area contributed by atoms with Gasteiger partial charge in [-0.05, 0) is 13.2 Å². The zero-order valence-electron chi connectivity index (χ0n) is 3.73. The normalized spacial score (nSPS) is 2.29. The molecule has 2 heteroatoms. The Morgan fingerprint density at radius 2 is 1.00 bits per heavy atom. The van der Waals surface area contributed by atoms with Crippen LogP contribution in [0, 0.1) is 7.43 Å². The summed E-state index contributed by atoms with van der Waals surface area (Å²) in [6.07, 6.45) is 0. The Morgan fingerprint density at radius 3 is 1.00 bits per heavy atom. The Morgan fingerprint density at radius 1 is 1.00 bits per heavy atom. The largest absolute Gasteiger partial charge is 0.234 e. The maximum atomic E-state index is 8.57. The van der Waals surface area contributed by atoms with Crippen molar-refractivity contribution in [2.75, 3.05) is 0 Å². The molecule has 0 aliphatic rings. The maximum Gasteiger partial charge on any atom is 0.116 e. The van der Waals surface area contributed by atoms with Crippen molar-refractivity contribution in [1.82, 2.24) is 0 Å². The zero-order valence-corrected chi connectivity index (χ0v) is 3.73. The van der Waals surface area contributed by atoms with Gasteiger partial charge in [0.2, 0.25) is 0 Å². The minimum atomic E-state index is 0. The van der Waals surface area contributed by atoms with Crippen molar-refractivity contribution in [3.8, 4) is 0 Å². The summed E-state index contributed by atoms with van der Waals surface area (Å²) in [5, 5.41) is 0. The summed E-state index contributed by atoms with van der Waals surface area (Å²) in [6.45, 7) is 5.36. The van der Waals surface area contributed by atoms with Crippen molar-refractivity contribution in [2.45, 2.75) is 0 Å². The van der Waals surface area contributed by atoms with Crippen LogP contribution in [0.1, 0.15) is 0 Å². The summed E-state index contributed by atoms with van der Waals surface area (Å²) in [7, 11) is 0. The lowest BCUT2D eigenvalue weighted by molar-refractivity contribution is 0.569. The quantitative estimate of drug-likeness (QED) is 0.400. The molecule has 0 heterocycles. The second-order valence-electron chi connectivity index (χ2n) is 0.289. The molecule has 0 aliphatic heterocycles. The van der Waals surface area contributed by atoms with Crippen molar-refractivity contribution in [3.05, 3.63) is 20.6 Å². The Balaban J connectivity index is -0.0000000400. The standard InChI is InChI=1S/2C2H2O.C/c2*1-2-3;/h2*1H2;. The van der Waals surface area contributed by atoms with Crippen LogP contribution in [0.4, 0.5) is 0 Å². The van der Waals surface area contributed by atoms with Crippen LogP contribution in [0.2, 0.25) is 0 Å². The van der Waals surface area contributed by atoms with Crippen LogP contribution in [0.5, 0.6) is 0 Å². The van der Waals surface area contributed by atoms with Crippen molar-refractivity contribution < 1.29 is 9.59 Å². The van der Waals surface area contributed by atoms with Gasteiger partial charge in [-0.3, -0.25) is 0 Å². The lowest BCUT2D eigenvalue weighted by Crippen LogP contribution is -1.15. The topological polar surface area (TPSA) is 34.1 Å². The van der Waals surface area contributed by atoms with E-state index in [-0.39, 0.29) is 7.43 Å². The van der Waals surface area contributed by atoms with Crippen LogP contribution in [0.15, 0.2) is 13.2 Å². The third kappa shape index (κ3) is 34.1. The van der Waals surface area contributed by atoms with E-state index in [4.69, 9.17) is 9.59 Å². The molecule has 0 saturated heterocycles. The molecule has 7 heavy (non-hydrogen) atoms. The molecule has 0 rings (SSSR count). The first-order valence-corrected chi connectivity index (χ1v) is 1.12. The molecule has 36 valence electrons. The Kier molecular flexibility index (Phi) is 221. The summed E-state index contributed by atoms with van der Waals surface area (Å²) in [4.78, 5) is 17.1. The molecular formula is C5H4O2. The van der Waals surface area contributed by atoms with Gasteiger partial charge in [0.05, 0.1) is 0 Å². The van der Waals surface area contributed by atoms with Gasteiger partial charge in [0, 0.05) is 7.43 Å². The SMILES string of the molecule is C=C=O.C=C=O.[C]. The highest BCUT2D eigenvalue weighted by Crippen LogP contribution is 0.897. The number of hydrogen-bond donors (Lipinski definition) is 0. The van der Waals surface area contributed by atoms with Gasteiger partial charge in [-0.25, -0.2) is 9.59 Å². The molecule has 0 unspecified atom stereocenters. The van der Waals surface area contributed by atoms with Crippen LogP contribution in [0.25, 0.3) is 0 Å². The van der Waals surface area contributed by atoms with E-state index in [1.165, 1.54) is 11.9 Å². The number of hydrogen-bond acceptors (Lipinski definition) is 2. The fraction of sp³-hybridized carbons (Fsp3) is 0. The lowest BCUT2D eigenvalue weighted by atomic mass is 11.2. The molecule has 0 N–H and O–H groups in total. The highest BCUT2D eigenvalue weighted by atomic mass is 16.1.